The Labute approximate surface area is 86.6 Å². The van der Waals surface area contributed by atoms with E-state index in [1.54, 1.807) is 7.11 Å². The van der Waals surface area contributed by atoms with E-state index in [1.807, 2.05) is 0 Å². The van der Waals surface area contributed by atoms with Gasteiger partial charge in [0.2, 0.25) is 0 Å². The number of nitrogens with zero attached hydrogens (tertiary/aromatic N) is 1. The lowest BCUT2D eigenvalue weighted by atomic mass is 10.2. The summed E-state index contributed by atoms with van der Waals surface area (Å²) in [5.74, 6) is -0.930. The van der Waals surface area contributed by atoms with Gasteiger partial charge in [-0.05, 0) is 6.42 Å². The van der Waals surface area contributed by atoms with Crippen LogP contribution in [0.5, 0.6) is 0 Å². The number of hydrogen-bond acceptors (Lipinski definition) is 4. The topological polar surface area (TPSA) is 59.4 Å². The summed E-state index contributed by atoms with van der Waals surface area (Å²) in [4.78, 5) is 14.9. The standard InChI is InChI=1S/C9H13NO3S/c1-3-4-6(13-2)8-10-5-7(14-8)9(11)12/h5-6H,3-4H2,1-2H3,(H,11,12). The van der Waals surface area contributed by atoms with E-state index in [0.29, 0.717) is 0 Å². The first-order chi connectivity index (χ1) is 6.69. The third-order valence-electron chi connectivity index (χ3n) is 1.85. The molecule has 5 heteroatoms. The number of hydrogen-bond donors (Lipinski definition) is 1. The summed E-state index contributed by atoms with van der Waals surface area (Å²) in [5.41, 5.74) is 0. The van der Waals surface area contributed by atoms with E-state index in [-0.39, 0.29) is 11.0 Å². The third kappa shape index (κ3) is 2.52. The van der Waals surface area contributed by atoms with Crippen LogP contribution in [0.3, 0.4) is 0 Å². The second-order valence-corrected chi connectivity index (χ2v) is 3.94. The Morgan fingerprint density at radius 3 is 2.93 bits per heavy atom. The second kappa shape index (κ2) is 5.07. The molecule has 4 nitrogen and oxygen atoms in total. The van der Waals surface area contributed by atoms with Crippen LogP contribution < -0.4 is 0 Å². The summed E-state index contributed by atoms with van der Waals surface area (Å²) in [5, 5.41) is 9.45. The fraction of sp³-hybridized carbons (Fsp3) is 0.556. The van der Waals surface area contributed by atoms with Crippen LogP contribution >= 0.6 is 11.3 Å². The van der Waals surface area contributed by atoms with Crippen molar-refractivity contribution in [1.29, 1.82) is 0 Å². The van der Waals surface area contributed by atoms with Gasteiger partial charge in [-0.25, -0.2) is 9.78 Å². The highest BCUT2D eigenvalue weighted by Crippen LogP contribution is 2.26. The highest BCUT2D eigenvalue weighted by Gasteiger charge is 2.16. The maximum absolute atomic E-state index is 10.6. The fourth-order valence-electron chi connectivity index (χ4n) is 1.14. The lowest BCUT2D eigenvalue weighted by molar-refractivity contribution is 0.0702. The number of aromatic carboxylic acids is 1. The van der Waals surface area contributed by atoms with Crippen molar-refractivity contribution in [3.05, 3.63) is 16.1 Å². The Morgan fingerprint density at radius 2 is 2.50 bits per heavy atom. The molecule has 1 heterocycles. The number of methoxy groups -OCH3 is 1. The molecule has 0 fully saturated rings. The Morgan fingerprint density at radius 1 is 1.79 bits per heavy atom. The summed E-state index contributed by atoms with van der Waals surface area (Å²) < 4.78 is 5.22. The lowest BCUT2D eigenvalue weighted by Crippen LogP contribution is -1.99. The van der Waals surface area contributed by atoms with Crippen molar-refractivity contribution in [1.82, 2.24) is 4.98 Å². The molecule has 0 spiro atoms. The van der Waals surface area contributed by atoms with Crippen LogP contribution in [0.15, 0.2) is 6.20 Å². The molecule has 0 aliphatic heterocycles. The first-order valence-electron chi connectivity index (χ1n) is 4.40. The van der Waals surface area contributed by atoms with E-state index in [1.165, 1.54) is 17.5 Å². The number of carboxylic acid groups (broad SMARTS) is 1. The van der Waals surface area contributed by atoms with Gasteiger partial charge in [-0.3, -0.25) is 0 Å². The molecule has 78 valence electrons. The Balaban J connectivity index is 2.78. The average molecular weight is 215 g/mol. The van der Waals surface area contributed by atoms with Gasteiger partial charge < -0.3 is 9.84 Å². The zero-order valence-electron chi connectivity index (χ0n) is 8.19. The third-order valence-corrected chi connectivity index (χ3v) is 2.92. The zero-order valence-corrected chi connectivity index (χ0v) is 9.00. The average Bonchev–Trinajstić information content (AvgIpc) is 2.63. The number of carboxylic acids is 1. The van der Waals surface area contributed by atoms with E-state index in [9.17, 15) is 4.79 Å². The van der Waals surface area contributed by atoms with Crippen molar-refractivity contribution >= 4 is 17.3 Å². The number of carbonyl (C=O) groups is 1. The largest absolute Gasteiger partial charge is 0.477 e. The molecule has 0 aromatic carbocycles. The number of thiazole rings is 1. The summed E-state index contributed by atoms with van der Waals surface area (Å²) >= 11 is 1.18. The van der Waals surface area contributed by atoms with Crippen molar-refractivity contribution in [3.63, 3.8) is 0 Å². The van der Waals surface area contributed by atoms with Crippen molar-refractivity contribution in [3.8, 4) is 0 Å². The number of aromatic nitrogens is 1. The molecule has 0 aliphatic rings. The van der Waals surface area contributed by atoms with Gasteiger partial charge in [-0.2, -0.15) is 0 Å². The molecular formula is C9H13NO3S. The van der Waals surface area contributed by atoms with Gasteiger partial charge in [-0.15, -0.1) is 11.3 Å². The molecule has 0 bridgehead atoms. The molecule has 1 N–H and O–H groups in total. The van der Waals surface area contributed by atoms with Crippen LogP contribution in [0.25, 0.3) is 0 Å². The van der Waals surface area contributed by atoms with Gasteiger partial charge in [0.25, 0.3) is 0 Å². The number of rotatable bonds is 5. The molecule has 1 atom stereocenters. The highest BCUT2D eigenvalue weighted by atomic mass is 32.1. The summed E-state index contributed by atoms with van der Waals surface area (Å²) in [6.45, 7) is 2.05. The van der Waals surface area contributed by atoms with E-state index in [0.717, 1.165) is 17.8 Å². The van der Waals surface area contributed by atoms with Crippen LogP contribution in [0, 0.1) is 0 Å². The van der Waals surface area contributed by atoms with Gasteiger partial charge in [0.15, 0.2) is 0 Å². The van der Waals surface area contributed by atoms with Gasteiger partial charge in [0, 0.05) is 7.11 Å². The molecule has 0 aliphatic carbocycles. The first kappa shape index (κ1) is 11.1. The lowest BCUT2D eigenvalue weighted by Gasteiger charge is -2.09. The minimum Gasteiger partial charge on any atom is -0.477 e. The molecule has 1 aromatic rings. The highest BCUT2D eigenvalue weighted by molar-refractivity contribution is 7.13. The maximum Gasteiger partial charge on any atom is 0.347 e. The Bertz CT molecular complexity index is 311. The normalized spacial score (nSPS) is 12.7. The molecule has 0 saturated carbocycles. The molecule has 1 rings (SSSR count). The maximum atomic E-state index is 10.6. The SMILES string of the molecule is CCCC(OC)c1ncc(C(=O)O)s1. The first-order valence-corrected chi connectivity index (χ1v) is 5.22. The van der Waals surface area contributed by atoms with Crippen LogP contribution in [-0.4, -0.2) is 23.2 Å². The monoisotopic (exact) mass is 215 g/mol. The van der Waals surface area contributed by atoms with Gasteiger partial charge in [0.05, 0.1) is 6.20 Å². The minimum atomic E-state index is -0.930. The van der Waals surface area contributed by atoms with Crippen molar-refractivity contribution in [2.75, 3.05) is 7.11 Å². The second-order valence-electron chi connectivity index (χ2n) is 2.88. The van der Waals surface area contributed by atoms with E-state index in [2.05, 4.69) is 11.9 Å². The van der Waals surface area contributed by atoms with Crippen molar-refractivity contribution < 1.29 is 14.6 Å². The van der Waals surface area contributed by atoms with Crippen molar-refractivity contribution in [2.24, 2.45) is 0 Å². The molecule has 1 aromatic heterocycles. The van der Waals surface area contributed by atoms with Gasteiger partial charge in [0.1, 0.15) is 16.0 Å². The molecule has 0 amide bonds. The van der Waals surface area contributed by atoms with Gasteiger partial charge in [-0.1, -0.05) is 13.3 Å². The number of ether oxygens (including phenoxy) is 1. The van der Waals surface area contributed by atoms with E-state index in [4.69, 9.17) is 9.84 Å². The molecule has 1 unspecified atom stereocenters. The quantitative estimate of drug-likeness (QED) is 0.818. The molecule has 14 heavy (non-hydrogen) atoms. The summed E-state index contributed by atoms with van der Waals surface area (Å²) in [6, 6.07) is 0. The predicted octanol–water partition coefficient (Wildman–Crippen LogP) is 2.33. The summed E-state index contributed by atoms with van der Waals surface area (Å²) in [7, 11) is 1.61. The smallest absolute Gasteiger partial charge is 0.347 e. The van der Waals surface area contributed by atoms with Gasteiger partial charge >= 0.3 is 5.97 Å². The Hall–Kier alpha value is -0.940. The van der Waals surface area contributed by atoms with Crippen LogP contribution in [0.2, 0.25) is 0 Å². The predicted molar refractivity (Wildman–Crippen MR) is 53.7 cm³/mol. The van der Waals surface area contributed by atoms with Crippen molar-refractivity contribution in [2.45, 2.75) is 25.9 Å². The molecule has 0 radical (unpaired) electrons. The van der Waals surface area contributed by atoms with Crippen LogP contribution in [0.1, 0.15) is 40.5 Å². The van der Waals surface area contributed by atoms with E-state index >= 15 is 0 Å². The Kier molecular flexibility index (Phi) is 4.03. The minimum absolute atomic E-state index is 0.0712. The zero-order chi connectivity index (χ0) is 10.6. The van der Waals surface area contributed by atoms with Crippen LogP contribution in [0.4, 0.5) is 0 Å². The molecule has 0 saturated heterocycles. The molecular weight excluding hydrogens is 202 g/mol. The van der Waals surface area contributed by atoms with Crippen LogP contribution in [-0.2, 0) is 4.74 Å². The van der Waals surface area contributed by atoms with E-state index < -0.39 is 5.97 Å². The summed E-state index contributed by atoms with van der Waals surface area (Å²) in [6.07, 6.45) is 3.16. The fourth-order valence-corrected chi connectivity index (χ4v) is 2.01.